The zero-order valence-electron chi connectivity index (χ0n) is 13.6. The van der Waals surface area contributed by atoms with Gasteiger partial charge < -0.3 is 4.42 Å². The van der Waals surface area contributed by atoms with Crippen molar-refractivity contribution in [2.24, 2.45) is 5.10 Å². The maximum atomic E-state index is 12.0. The van der Waals surface area contributed by atoms with E-state index >= 15 is 0 Å². The van der Waals surface area contributed by atoms with Crippen LogP contribution in [-0.4, -0.2) is 12.1 Å². The third kappa shape index (κ3) is 4.36. The number of hydrogen-bond donors (Lipinski definition) is 1. The molecule has 0 atom stereocenters. The highest BCUT2D eigenvalue weighted by atomic mass is 79.9. The van der Waals surface area contributed by atoms with Crippen molar-refractivity contribution < 1.29 is 9.21 Å². The maximum Gasteiger partial charge on any atom is 0.271 e. The Bertz CT molecular complexity index is 999. The van der Waals surface area contributed by atoms with Gasteiger partial charge in [0.05, 0.1) is 16.3 Å². The van der Waals surface area contributed by atoms with E-state index < -0.39 is 5.91 Å². The Morgan fingerprint density at radius 1 is 1.12 bits per heavy atom. The van der Waals surface area contributed by atoms with Crippen molar-refractivity contribution in [1.82, 2.24) is 5.43 Å². The number of aryl methyl sites for hydroxylation is 1. The van der Waals surface area contributed by atoms with E-state index in [-0.39, 0.29) is 0 Å². The van der Waals surface area contributed by atoms with Crippen LogP contribution in [0.5, 0.6) is 0 Å². The number of rotatable bonds is 4. The number of furan rings is 1. The lowest BCUT2D eigenvalue weighted by molar-refractivity contribution is 0.0955. The second kappa shape index (κ2) is 8.08. The molecule has 2 aromatic carbocycles. The summed E-state index contributed by atoms with van der Waals surface area (Å²) in [5, 5.41) is 4.60. The van der Waals surface area contributed by atoms with E-state index in [0.29, 0.717) is 27.1 Å². The van der Waals surface area contributed by atoms with Gasteiger partial charge in [0.15, 0.2) is 0 Å². The molecule has 0 spiro atoms. The van der Waals surface area contributed by atoms with Gasteiger partial charge in [-0.2, -0.15) is 5.10 Å². The third-order valence-electron chi connectivity index (χ3n) is 3.56. The van der Waals surface area contributed by atoms with Crippen molar-refractivity contribution in [2.45, 2.75) is 6.92 Å². The molecule has 1 amide bonds. The standard InChI is InChI=1S/C19H13BrCl2N2O2/c1-11-2-5-14(15(20)8-11)18-7-4-13(26-18)10-23-24-19(25)12-3-6-16(21)17(22)9-12/h2-10H,1H3,(H,24,25)/b23-10-. The molecule has 26 heavy (non-hydrogen) atoms. The normalized spacial score (nSPS) is 11.1. The summed E-state index contributed by atoms with van der Waals surface area (Å²) < 4.78 is 6.69. The van der Waals surface area contributed by atoms with Gasteiger partial charge in [-0.05, 0) is 55.0 Å². The SMILES string of the molecule is Cc1ccc(-c2ccc(/C=N\NC(=O)c3ccc(Cl)c(Cl)c3)o2)c(Br)c1. The number of benzene rings is 2. The van der Waals surface area contributed by atoms with Crippen LogP contribution in [0.4, 0.5) is 0 Å². The predicted molar refractivity (Wildman–Crippen MR) is 108 cm³/mol. The quantitative estimate of drug-likeness (QED) is 0.385. The summed E-state index contributed by atoms with van der Waals surface area (Å²) in [6, 6.07) is 14.2. The lowest BCUT2D eigenvalue weighted by Gasteiger charge is -2.02. The molecule has 0 radical (unpaired) electrons. The van der Waals surface area contributed by atoms with E-state index in [0.717, 1.165) is 15.6 Å². The van der Waals surface area contributed by atoms with Crippen LogP contribution in [0.15, 0.2) is 62.5 Å². The number of amides is 1. The van der Waals surface area contributed by atoms with Crippen LogP contribution in [0, 0.1) is 6.92 Å². The highest BCUT2D eigenvalue weighted by molar-refractivity contribution is 9.10. The van der Waals surface area contributed by atoms with Gasteiger partial charge in [0.1, 0.15) is 11.5 Å². The number of hydrazone groups is 1. The first-order chi connectivity index (χ1) is 12.4. The Morgan fingerprint density at radius 3 is 2.65 bits per heavy atom. The summed E-state index contributed by atoms with van der Waals surface area (Å²) in [5.74, 6) is 0.823. The fourth-order valence-electron chi connectivity index (χ4n) is 2.24. The zero-order valence-corrected chi connectivity index (χ0v) is 16.7. The van der Waals surface area contributed by atoms with Gasteiger partial charge in [0.25, 0.3) is 5.91 Å². The fourth-order valence-corrected chi connectivity index (χ4v) is 3.23. The Balaban J connectivity index is 1.68. The molecular formula is C19H13BrCl2N2O2. The average Bonchev–Trinajstić information content (AvgIpc) is 3.05. The topological polar surface area (TPSA) is 54.6 Å². The number of nitrogens with zero attached hydrogens (tertiary/aromatic N) is 1. The Labute approximate surface area is 168 Å². The molecule has 0 aliphatic rings. The van der Waals surface area contributed by atoms with Crippen LogP contribution in [0.3, 0.4) is 0 Å². The lowest BCUT2D eigenvalue weighted by atomic mass is 10.1. The average molecular weight is 452 g/mol. The molecule has 7 heteroatoms. The fraction of sp³-hybridized carbons (Fsp3) is 0.0526. The van der Waals surface area contributed by atoms with Crippen LogP contribution in [0.2, 0.25) is 10.0 Å². The van der Waals surface area contributed by atoms with Crippen LogP contribution in [-0.2, 0) is 0 Å². The third-order valence-corrected chi connectivity index (χ3v) is 4.95. The minimum absolute atomic E-state index is 0.308. The minimum atomic E-state index is -0.395. The predicted octanol–water partition coefficient (Wildman–Crippen LogP) is 6.09. The molecule has 0 aliphatic carbocycles. The van der Waals surface area contributed by atoms with Crippen LogP contribution in [0.1, 0.15) is 21.7 Å². The van der Waals surface area contributed by atoms with Gasteiger partial charge in [-0.15, -0.1) is 0 Å². The Morgan fingerprint density at radius 2 is 1.92 bits per heavy atom. The van der Waals surface area contributed by atoms with Crippen molar-refractivity contribution >= 4 is 51.3 Å². The van der Waals surface area contributed by atoms with E-state index in [1.165, 1.54) is 12.3 Å². The molecule has 0 saturated carbocycles. The number of carbonyl (C=O) groups excluding carboxylic acids is 1. The second-order valence-corrected chi connectivity index (χ2v) is 7.18. The number of hydrogen-bond acceptors (Lipinski definition) is 3. The molecule has 132 valence electrons. The molecule has 4 nitrogen and oxygen atoms in total. The van der Waals surface area contributed by atoms with Crippen LogP contribution in [0.25, 0.3) is 11.3 Å². The Kier molecular flexibility index (Phi) is 5.81. The molecule has 1 heterocycles. The smallest absolute Gasteiger partial charge is 0.271 e. The number of nitrogens with one attached hydrogen (secondary N) is 1. The lowest BCUT2D eigenvalue weighted by Crippen LogP contribution is -2.17. The highest BCUT2D eigenvalue weighted by Crippen LogP contribution is 2.30. The van der Waals surface area contributed by atoms with E-state index in [2.05, 4.69) is 26.5 Å². The van der Waals surface area contributed by atoms with Crippen molar-refractivity contribution in [3.63, 3.8) is 0 Å². The molecular weight excluding hydrogens is 439 g/mol. The summed E-state index contributed by atoms with van der Waals surface area (Å²) in [6.07, 6.45) is 1.43. The molecule has 1 aromatic heterocycles. The largest absolute Gasteiger partial charge is 0.455 e. The molecule has 0 unspecified atom stereocenters. The molecule has 1 N–H and O–H groups in total. The van der Waals surface area contributed by atoms with Crippen molar-refractivity contribution in [3.05, 3.63) is 79.9 Å². The van der Waals surface area contributed by atoms with Gasteiger partial charge >= 0.3 is 0 Å². The van der Waals surface area contributed by atoms with E-state index in [4.69, 9.17) is 27.6 Å². The first kappa shape index (κ1) is 18.7. The van der Waals surface area contributed by atoms with E-state index in [1.807, 2.05) is 31.2 Å². The summed E-state index contributed by atoms with van der Waals surface area (Å²) in [4.78, 5) is 12.0. The zero-order chi connectivity index (χ0) is 18.7. The van der Waals surface area contributed by atoms with Crippen molar-refractivity contribution in [2.75, 3.05) is 0 Å². The molecule has 3 aromatic rings. The monoisotopic (exact) mass is 450 g/mol. The summed E-state index contributed by atoms with van der Waals surface area (Å²) in [6.45, 7) is 2.02. The second-order valence-electron chi connectivity index (χ2n) is 5.51. The molecule has 0 saturated heterocycles. The van der Waals surface area contributed by atoms with Gasteiger partial charge in [-0.3, -0.25) is 4.79 Å². The molecule has 0 aliphatic heterocycles. The van der Waals surface area contributed by atoms with Crippen molar-refractivity contribution in [1.29, 1.82) is 0 Å². The van der Waals surface area contributed by atoms with Crippen molar-refractivity contribution in [3.8, 4) is 11.3 Å². The molecule has 0 bridgehead atoms. The number of halogens is 3. The van der Waals surface area contributed by atoms with Crippen LogP contribution >= 0.6 is 39.1 Å². The van der Waals surface area contributed by atoms with Gasteiger partial charge in [0, 0.05) is 15.6 Å². The van der Waals surface area contributed by atoms with Gasteiger partial charge in [-0.25, -0.2) is 5.43 Å². The Hall–Kier alpha value is -2.08. The molecule has 0 fully saturated rings. The van der Waals surface area contributed by atoms with E-state index in [1.54, 1.807) is 18.2 Å². The van der Waals surface area contributed by atoms with Gasteiger partial charge in [0.2, 0.25) is 0 Å². The van der Waals surface area contributed by atoms with Crippen LogP contribution < -0.4 is 5.43 Å². The summed E-state index contributed by atoms with van der Waals surface area (Å²) in [5.41, 5.74) is 4.87. The summed E-state index contributed by atoms with van der Waals surface area (Å²) >= 11 is 15.3. The summed E-state index contributed by atoms with van der Waals surface area (Å²) in [7, 11) is 0. The first-order valence-corrected chi connectivity index (χ1v) is 9.14. The highest BCUT2D eigenvalue weighted by Gasteiger charge is 2.09. The van der Waals surface area contributed by atoms with Gasteiger partial charge in [-0.1, -0.05) is 45.2 Å². The minimum Gasteiger partial charge on any atom is -0.455 e. The van der Waals surface area contributed by atoms with E-state index in [9.17, 15) is 4.79 Å². The molecule has 3 rings (SSSR count). The maximum absolute atomic E-state index is 12.0. The number of carbonyl (C=O) groups is 1. The first-order valence-electron chi connectivity index (χ1n) is 7.59.